The quantitative estimate of drug-likeness (QED) is 0.0420. The first kappa shape index (κ1) is 70.3. The van der Waals surface area contributed by atoms with E-state index in [-0.39, 0.29) is 12.5 Å². The maximum absolute atomic E-state index is 12.5. The highest BCUT2D eigenvalue weighted by atomic mass is 16.3. The molecule has 0 saturated heterocycles. The second-order valence-electron chi connectivity index (χ2n) is 22.5. The number of hydrogen-bond acceptors (Lipinski definition) is 3. The van der Waals surface area contributed by atoms with Gasteiger partial charge in [0.2, 0.25) is 5.91 Å². The Kier molecular flexibility index (Phi) is 62.2. The largest absolute Gasteiger partial charge is 0.394 e. The molecule has 72 heavy (non-hydrogen) atoms. The molecule has 4 nitrogen and oxygen atoms in total. The molecule has 0 fully saturated rings. The topological polar surface area (TPSA) is 69.6 Å². The smallest absolute Gasteiger partial charge is 0.220 e. The summed E-state index contributed by atoms with van der Waals surface area (Å²) in [5.41, 5.74) is 0. The third-order valence-electron chi connectivity index (χ3n) is 15.3. The molecule has 0 aliphatic rings. The summed E-state index contributed by atoms with van der Waals surface area (Å²) in [7, 11) is 0. The Morgan fingerprint density at radius 2 is 0.583 bits per heavy atom. The first-order valence-electron chi connectivity index (χ1n) is 32.9. The lowest BCUT2D eigenvalue weighted by Gasteiger charge is -2.19. The van der Waals surface area contributed by atoms with Crippen LogP contribution >= 0.6 is 0 Å². The lowest BCUT2D eigenvalue weighted by atomic mass is 10.0. The van der Waals surface area contributed by atoms with Gasteiger partial charge in [-0.05, 0) is 64.2 Å². The maximum Gasteiger partial charge on any atom is 0.220 e. The van der Waals surface area contributed by atoms with E-state index in [1.807, 2.05) is 6.08 Å². The molecule has 0 aromatic heterocycles. The molecular weight excluding hydrogens is 879 g/mol. The van der Waals surface area contributed by atoms with E-state index in [4.69, 9.17) is 0 Å². The number of rotatable bonds is 61. The van der Waals surface area contributed by atoms with Crippen molar-refractivity contribution in [3.8, 4) is 0 Å². The van der Waals surface area contributed by atoms with Gasteiger partial charge in [0.15, 0.2) is 0 Å². The third-order valence-corrected chi connectivity index (χ3v) is 15.3. The van der Waals surface area contributed by atoms with Crippen LogP contribution in [0.5, 0.6) is 0 Å². The number of amides is 1. The number of hydrogen-bond donors (Lipinski definition) is 3. The van der Waals surface area contributed by atoms with Crippen LogP contribution in [0.4, 0.5) is 0 Å². The number of carbonyl (C=O) groups is 1. The van der Waals surface area contributed by atoms with E-state index in [2.05, 4.69) is 55.6 Å². The van der Waals surface area contributed by atoms with Gasteiger partial charge >= 0.3 is 0 Å². The van der Waals surface area contributed by atoms with Crippen LogP contribution in [-0.2, 0) is 4.79 Å². The molecule has 0 aromatic rings. The van der Waals surface area contributed by atoms with Gasteiger partial charge < -0.3 is 15.5 Å². The Balaban J connectivity index is 3.47. The van der Waals surface area contributed by atoms with Gasteiger partial charge in [-0.15, -0.1) is 0 Å². The highest BCUT2D eigenvalue weighted by molar-refractivity contribution is 5.76. The monoisotopic (exact) mass is 1010 g/mol. The summed E-state index contributed by atoms with van der Waals surface area (Å²) in [4.78, 5) is 12.5. The number of carbonyl (C=O) groups excluding carboxylic acids is 1. The molecule has 1 amide bonds. The summed E-state index contributed by atoms with van der Waals surface area (Å²) in [5.74, 6) is -0.0683. The van der Waals surface area contributed by atoms with Crippen molar-refractivity contribution in [2.24, 2.45) is 0 Å². The maximum atomic E-state index is 12.5. The average Bonchev–Trinajstić information content (AvgIpc) is 3.39. The van der Waals surface area contributed by atoms with Crippen LogP contribution in [0.2, 0.25) is 0 Å². The molecule has 0 saturated carbocycles. The third kappa shape index (κ3) is 59.2. The Labute approximate surface area is 452 Å². The summed E-state index contributed by atoms with van der Waals surface area (Å²) in [6.45, 7) is 4.33. The molecule has 0 aliphatic heterocycles. The zero-order valence-electron chi connectivity index (χ0n) is 49.0. The lowest BCUT2D eigenvalue weighted by molar-refractivity contribution is -0.123. The first-order valence-corrected chi connectivity index (χ1v) is 32.9. The molecule has 2 unspecified atom stereocenters. The van der Waals surface area contributed by atoms with Crippen LogP contribution in [0.1, 0.15) is 361 Å². The molecule has 0 spiro atoms. The summed E-state index contributed by atoms with van der Waals surface area (Å²) >= 11 is 0. The molecule has 4 heteroatoms. The van der Waals surface area contributed by atoms with Crippen molar-refractivity contribution in [3.05, 3.63) is 48.6 Å². The highest BCUT2D eigenvalue weighted by Gasteiger charge is 2.18. The molecule has 0 aliphatic carbocycles. The van der Waals surface area contributed by atoms with Crippen LogP contribution in [0.15, 0.2) is 48.6 Å². The Morgan fingerprint density at radius 1 is 0.333 bits per heavy atom. The van der Waals surface area contributed by atoms with Gasteiger partial charge in [0, 0.05) is 6.42 Å². The average molecular weight is 1010 g/mol. The van der Waals surface area contributed by atoms with Crippen molar-refractivity contribution in [2.75, 3.05) is 6.61 Å². The van der Waals surface area contributed by atoms with Crippen LogP contribution in [0.3, 0.4) is 0 Å². The fraction of sp³-hybridized carbons (Fsp3) is 0.868. The van der Waals surface area contributed by atoms with Crippen molar-refractivity contribution < 1.29 is 15.0 Å². The second kappa shape index (κ2) is 63.6. The summed E-state index contributed by atoms with van der Waals surface area (Å²) in [5, 5.41) is 23.2. The summed E-state index contributed by atoms with van der Waals surface area (Å²) < 4.78 is 0. The summed E-state index contributed by atoms with van der Waals surface area (Å²) in [6.07, 6.45) is 89.0. The molecule has 0 bridgehead atoms. The van der Waals surface area contributed by atoms with Crippen LogP contribution in [0.25, 0.3) is 0 Å². The van der Waals surface area contributed by atoms with Gasteiger partial charge in [0.1, 0.15) is 0 Å². The van der Waals surface area contributed by atoms with Crippen LogP contribution in [0, 0.1) is 0 Å². The molecular formula is C68H129NO3. The van der Waals surface area contributed by atoms with E-state index in [1.165, 1.54) is 302 Å². The zero-order chi connectivity index (χ0) is 52.0. The number of unbranched alkanes of at least 4 members (excludes halogenated alkanes) is 48. The van der Waals surface area contributed by atoms with E-state index in [9.17, 15) is 15.0 Å². The van der Waals surface area contributed by atoms with E-state index in [1.54, 1.807) is 6.08 Å². The zero-order valence-corrected chi connectivity index (χ0v) is 49.0. The van der Waals surface area contributed by atoms with Crippen molar-refractivity contribution in [1.29, 1.82) is 0 Å². The van der Waals surface area contributed by atoms with Gasteiger partial charge in [0.25, 0.3) is 0 Å². The summed E-state index contributed by atoms with van der Waals surface area (Å²) in [6, 6.07) is -0.641. The van der Waals surface area contributed by atoms with Crippen molar-refractivity contribution in [1.82, 2.24) is 5.32 Å². The molecule has 0 heterocycles. The van der Waals surface area contributed by atoms with Gasteiger partial charge in [-0.3, -0.25) is 4.79 Å². The van der Waals surface area contributed by atoms with Crippen molar-refractivity contribution >= 4 is 5.91 Å². The molecule has 0 rings (SSSR count). The van der Waals surface area contributed by atoms with Crippen molar-refractivity contribution in [2.45, 2.75) is 373 Å². The lowest BCUT2D eigenvalue weighted by Crippen LogP contribution is -2.45. The number of aliphatic hydroxyl groups excluding tert-OH is 2. The van der Waals surface area contributed by atoms with Gasteiger partial charge in [-0.25, -0.2) is 0 Å². The predicted molar refractivity (Wildman–Crippen MR) is 322 cm³/mol. The highest BCUT2D eigenvalue weighted by Crippen LogP contribution is 2.18. The molecule has 3 N–H and O–H groups in total. The Morgan fingerprint density at radius 3 is 0.889 bits per heavy atom. The van der Waals surface area contributed by atoms with Crippen LogP contribution < -0.4 is 5.32 Å². The SMILES string of the molecule is CCCCCCC/C=C\C/C=C\CCCCCCCCCCCCCCCCCCCC(=O)NC(CO)C(O)/C=C/CC/C=C/CCCCCCCCCCCCCCCCCCCCCCCCCCC. The van der Waals surface area contributed by atoms with Gasteiger partial charge in [-0.2, -0.15) is 0 Å². The van der Waals surface area contributed by atoms with E-state index < -0.39 is 12.1 Å². The minimum atomic E-state index is -0.864. The Hall–Kier alpha value is -1.65. The normalized spacial score (nSPS) is 13.0. The minimum absolute atomic E-state index is 0.0683. The van der Waals surface area contributed by atoms with E-state index in [0.717, 1.165) is 38.5 Å². The van der Waals surface area contributed by atoms with Gasteiger partial charge in [0.05, 0.1) is 18.8 Å². The van der Waals surface area contributed by atoms with E-state index in [0.29, 0.717) is 6.42 Å². The molecule has 424 valence electrons. The standard InChI is InChI=1S/C68H129NO3/c1-3-5-7-9-11-13-15-17-19-21-23-25-27-29-31-33-34-36-37-39-41-43-45-47-49-51-53-55-57-59-61-63-67(71)66(65-70)69-68(72)64-62-60-58-56-54-52-50-48-46-44-42-40-38-35-32-30-28-26-24-22-20-18-16-14-12-10-8-6-4-2/h16,18,22,24,53,55,61,63,66-67,70-71H,3-15,17,19-21,23,25-52,54,56-60,62,64-65H2,1-2H3,(H,69,72)/b18-16-,24-22-,55-53+,63-61+. The van der Waals surface area contributed by atoms with E-state index >= 15 is 0 Å². The molecule has 2 atom stereocenters. The first-order chi connectivity index (χ1) is 35.7. The number of aliphatic hydroxyl groups is 2. The fourth-order valence-corrected chi connectivity index (χ4v) is 10.3. The fourth-order valence-electron chi connectivity index (χ4n) is 10.3. The molecule has 0 radical (unpaired) electrons. The van der Waals surface area contributed by atoms with Gasteiger partial charge in [-0.1, -0.05) is 339 Å². The minimum Gasteiger partial charge on any atom is -0.394 e. The predicted octanol–water partition coefficient (Wildman–Crippen LogP) is 22.2. The number of nitrogens with one attached hydrogen (secondary N) is 1. The molecule has 0 aromatic carbocycles. The van der Waals surface area contributed by atoms with Crippen molar-refractivity contribution in [3.63, 3.8) is 0 Å². The van der Waals surface area contributed by atoms with Crippen LogP contribution in [-0.4, -0.2) is 34.9 Å². The Bertz CT molecular complexity index is 1140. The number of allylic oxidation sites excluding steroid dienone is 7. The second-order valence-corrected chi connectivity index (χ2v) is 22.5.